The van der Waals surface area contributed by atoms with Gasteiger partial charge in [-0.15, -0.1) is 24.2 Å². The topological polar surface area (TPSA) is 55.1 Å². The predicted molar refractivity (Wildman–Crippen MR) is 76.1 cm³/mol. The third-order valence-corrected chi connectivity index (χ3v) is 3.11. The maximum absolute atomic E-state index is 12.0. The number of carbonyl (C=O) groups is 1. The summed E-state index contributed by atoms with van der Waals surface area (Å²) in [5.74, 6) is -0.0691. The SMILES string of the molecule is CSc1ccccc1C(=O)NC(C)(C)CN.Cl. The lowest BCUT2D eigenvalue weighted by Crippen LogP contribution is -2.48. The number of carbonyl (C=O) groups excluding carboxylic acids is 1. The van der Waals surface area contributed by atoms with E-state index in [-0.39, 0.29) is 23.9 Å². The molecule has 0 aromatic heterocycles. The van der Waals surface area contributed by atoms with Gasteiger partial charge in [-0.3, -0.25) is 4.79 Å². The molecule has 1 rings (SSSR count). The minimum Gasteiger partial charge on any atom is -0.346 e. The summed E-state index contributed by atoms with van der Waals surface area (Å²) >= 11 is 1.57. The fourth-order valence-electron chi connectivity index (χ4n) is 1.26. The molecule has 0 heterocycles. The van der Waals surface area contributed by atoms with E-state index in [9.17, 15) is 4.79 Å². The molecule has 0 aliphatic carbocycles. The second-order valence-corrected chi connectivity index (χ2v) is 5.09. The molecule has 0 bridgehead atoms. The molecule has 5 heteroatoms. The summed E-state index contributed by atoms with van der Waals surface area (Å²) < 4.78 is 0. The van der Waals surface area contributed by atoms with Crippen LogP contribution in [-0.2, 0) is 0 Å². The Bertz CT molecular complexity index is 383. The van der Waals surface area contributed by atoms with Crippen molar-refractivity contribution in [2.75, 3.05) is 12.8 Å². The highest BCUT2D eigenvalue weighted by atomic mass is 35.5. The first kappa shape index (κ1) is 16.3. The van der Waals surface area contributed by atoms with Gasteiger partial charge in [0.05, 0.1) is 5.56 Å². The fraction of sp³-hybridized carbons (Fsp3) is 0.417. The number of amides is 1. The van der Waals surface area contributed by atoms with Crippen molar-refractivity contribution in [1.82, 2.24) is 5.32 Å². The first-order chi connectivity index (χ1) is 7.50. The van der Waals surface area contributed by atoms with E-state index in [1.807, 2.05) is 44.4 Å². The Morgan fingerprint density at radius 2 is 2.00 bits per heavy atom. The second-order valence-electron chi connectivity index (χ2n) is 4.24. The van der Waals surface area contributed by atoms with Crippen molar-refractivity contribution in [2.45, 2.75) is 24.3 Å². The Morgan fingerprint density at radius 3 is 2.53 bits per heavy atom. The second kappa shape index (κ2) is 6.89. The van der Waals surface area contributed by atoms with Gasteiger partial charge in [0.1, 0.15) is 0 Å². The molecule has 0 spiro atoms. The van der Waals surface area contributed by atoms with E-state index in [2.05, 4.69) is 5.32 Å². The van der Waals surface area contributed by atoms with Gasteiger partial charge in [0.15, 0.2) is 0 Å². The fourth-order valence-corrected chi connectivity index (χ4v) is 1.85. The highest BCUT2D eigenvalue weighted by Gasteiger charge is 2.20. The molecule has 0 unspecified atom stereocenters. The summed E-state index contributed by atoms with van der Waals surface area (Å²) in [5.41, 5.74) is 5.92. The number of rotatable bonds is 4. The molecule has 0 atom stereocenters. The zero-order valence-electron chi connectivity index (χ0n) is 10.3. The molecule has 0 radical (unpaired) electrons. The first-order valence-electron chi connectivity index (χ1n) is 5.16. The monoisotopic (exact) mass is 274 g/mol. The molecule has 17 heavy (non-hydrogen) atoms. The Balaban J connectivity index is 0.00000256. The van der Waals surface area contributed by atoms with Gasteiger partial charge in [-0.1, -0.05) is 12.1 Å². The molecule has 0 fully saturated rings. The van der Waals surface area contributed by atoms with E-state index in [0.29, 0.717) is 12.1 Å². The molecule has 3 N–H and O–H groups in total. The van der Waals surface area contributed by atoms with Crippen LogP contribution in [0.3, 0.4) is 0 Å². The number of benzene rings is 1. The zero-order chi connectivity index (χ0) is 12.2. The minimum absolute atomic E-state index is 0. The van der Waals surface area contributed by atoms with E-state index < -0.39 is 0 Å². The highest BCUT2D eigenvalue weighted by molar-refractivity contribution is 7.98. The van der Waals surface area contributed by atoms with Crippen LogP contribution < -0.4 is 11.1 Å². The summed E-state index contributed by atoms with van der Waals surface area (Å²) in [5, 5.41) is 2.92. The van der Waals surface area contributed by atoms with E-state index >= 15 is 0 Å². The molecule has 0 saturated carbocycles. The Kier molecular flexibility index (Phi) is 6.60. The number of hydrogen-bond donors (Lipinski definition) is 2. The van der Waals surface area contributed by atoms with Gasteiger partial charge in [0.2, 0.25) is 0 Å². The van der Waals surface area contributed by atoms with Gasteiger partial charge in [-0.2, -0.15) is 0 Å². The molecule has 0 aliphatic rings. The lowest BCUT2D eigenvalue weighted by molar-refractivity contribution is 0.0912. The molecular formula is C12H19ClN2OS. The average Bonchev–Trinajstić information content (AvgIpc) is 2.28. The molecule has 1 aromatic rings. The van der Waals surface area contributed by atoms with Crippen LogP contribution >= 0.6 is 24.2 Å². The number of halogens is 1. The largest absolute Gasteiger partial charge is 0.346 e. The number of nitrogens with two attached hydrogens (primary N) is 1. The van der Waals surface area contributed by atoms with Gasteiger partial charge in [0, 0.05) is 17.0 Å². The van der Waals surface area contributed by atoms with Crippen LogP contribution in [0.25, 0.3) is 0 Å². The molecule has 3 nitrogen and oxygen atoms in total. The molecular weight excluding hydrogens is 256 g/mol. The van der Waals surface area contributed by atoms with Crippen molar-refractivity contribution in [2.24, 2.45) is 5.73 Å². The summed E-state index contributed by atoms with van der Waals surface area (Å²) in [7, 11) is 0. The van der Waals surface area contributed by atoms with E-state index in [1.165, 1.54) is 0 Å². The molecule has 0 saturated heterocycles. The van der Waals surface area contributed by atoms with Gasteiger partial charge >= 0.3 is 0 Å². The maximum Gasteiger partial charge on any atom is 0.252 e. The van der Waals surface area contributed by atoms with E-state index in [4.69, 9.17) is 5.73 Å². The Morgan fingerprint density at radius 1 is 1.41 bits per heavy atom. The van der Waals surface area contributed by atoms with E-state index in [0.717, 1.165) is 4.90 Å². The molecule has 96 valence electrons. The number of hydrogen-bond acceptors (Lipinski definition) is 3. The van der Waals surface area contributed by atoms with Crippen LogP contribution in [-0.4, -0.2) is 24.2 Å². The average molecular weight is 275 g/mol. The lowest BCUT2D eigenvalue weighted by Gasteiger charge is -2.24. The van der Waals surface area contributed by atoms with Crippen LogP contribution in [0, 0.1) is 0 Å². The van der Waals surface area contributed by atoms with Crippen LogP contribution in [0.5, 0.6) is 0 Å². The summed E-state index contributed by atoms with van der Waals surface area (Å²) in [6, 6.07) is 7.56. The maximum atomic E-state index is 12.0. The number of nitrogens with one attached hydrogen (secondary N) is 1. The van der Waals surface area contributed by atoms with Gasteiger partial charge in [-0.25, -0.2) is 0 Å². The van der Waals surface area contributed by atoms with Gasteiger partial charge in [-0.05, 0) is 32.2 Å². The smallest absolute Gasteiger partial charge is 0.252 e. The van der Waals surface area contributed by atoms with Crippen molar-refractivity contribution in [3.05, 3.63) is 29.8 Å². The van der Waals surface area contributed by atoms with Crippen molar-refractivity contribution in [3.63, 3.8) is 0 Å². The minimum atomic E-state index is -0.372. The first-order valence-corrected chi connectivity index (χ1v) is 6.38. The van der Waals surface area contributed by atoms with Crippen LogP contribution in [0.1, 0.15) is 24.2 Å². The van der Waals surface area contributed by atoms with Crippen LogP contribution in [0.4, 0.5) is 0 Å². The predicted octanol–water partition coefficient (Wildman–Crippen LogP) is 2.30. The molecule has 1 amide bonds. The van der Waals surface area contributed by atoms with E-state index in [1.54, 1.807) is 11.8 Å². The lowest BCUT2D eigenvalue weighted by atomic mass is 10.1. The molecule has 1 aromatic carbocycles. The summed E-state index contributed by atoms with van der Waals surface area (Å²) in [4.78, 5) is 13.0. The molecule has 0 aliphatic heterocycles. The standard InChI is InChI=1S/C12H18N2OS.ClH/c1-12(2,8-13)14-11(15)9-6-4-5-7-10(9)16-3;/h4-7H,8,13H2,1-3H3,(H,14,15);1H. The third-order valence-electron chi connectivity index (χ3n) is 2.31. The van der Waals surface area contributed by atoms with Crippen LogP contribution in [0.2, 0.25) is 0 Å². The third kappa shape index (κ3) is 4.58. The Labute approximate surface area is 113 Å². The van der Waals surface area contributed by atoms with Crippen molar-refractivity contribution in [1.29, 1.82) is 0 Å². The summed E-state index contributed by atoms with van der Waals surface area (Å²) in [6.07, 6.45) is 1.96. The normalized spacial score (nSPS) is 10.6. The van der Waals surface area contributed by atoms with Gasteiger partial charge in [0.25, 0.3) is 5.91 Å². The van der Waals surface area contributed by atoms with Crippen molar-refractivity contribution in [3.8, 4) is 0 Å². The van der Waals surface area contributed by atoms with Crippen molar-refractivity contribution < 1.29 is 4.79 Å². The van der Waals surface area contributed by atoms with Gasteiger partial charge < -0.3 is 11.1 Å². The highest BCUT2D eigenvalue weighted by Crippen LogP contribution is 2.20. The quantitative estimate of drug-likeness (QED) is 0.829. The van der Waals surface area contributed by atoms with Crippen LogP contribution in [0.15, 0.2) is 29.2 Å². The Hall–Kier alpha value is -0.710. The van der Waals surface area contributed by atoms with Crippen molar-refractivity contribution >= 4 is 30.1 Å². The zero-order valence-corrected chi connectivity index (χ0v) is 12.0. The summed E-state index contributed by atoms with van der Waals surface area (Å²) in [6.45, 7) is 4.24. The number of thioether (sulfide) groups is 1.